The molecule has 0 saturated carbocycles. The van der Waals surface area contributed by atoms with Gasteiger partial charge in [-0.3, -0.25) is 0 Å². The van der Waals surface area contributed by atoms with Crippen LogP contribution in [0, 0.1) is 17.5 Å². The highest BCUT2D eigenvalue weighted by molar-refractivity contribution is 5.27. The smallest absolute Gasteiger partial charge is 0.203 e. The molecule has 1 aliphatic rings. The maximum Gasteiger partial charge on any atom is 0.203 e. The van der Waals surface area contributed by atoms with Crippen LogP contribution in [-0.4, -0.2) is 19.2 Å². The largest absolute Gasteiger partial charge is 0.484 e. The molecule has 88 valence electrons. The number of rotatable bonds is 2. The van der Waals surface area contributed by atoms with Crippen molar-refractivity contribution in [2.45, 2.75) is 18.9 Å². The lowest BCUT2D eigenvalue weighted by atomic mass is 10.1. The van der Waals surface area contributed by atoms with Crippen LogP contribution in [0.15, 0.2) is 12.1 Å². The van der Waals surface area contributed by atoms with E-state index in [-0.39, 0.29) is 6.10 Å². The van der Waals surface area contributed by atoms with Gasteiger partial charge >= 0.3 is 0 Å². The minimum Gasteiger partial charge on any atom is -0.484 e. The highest BCUT2D eigenvalue weighted by Gasteiger charge is 2.21. The number of hydrogen-bond acceptors (Lipinski definition) is 2. The van der Waals surface area contributed by atoms with E-state index in [0.717, 1.165) is 25.2 Å². The summed E-state index contributed by atoms with van der Waals surface area (Å²) >= 11 is 0. The average molecular weight is 231 g/mol. The van der Waals surface area contributed by atoms with Gasteiger partial charge in [-0.1, -0.05) is 0 Å². The summed E-state index contributed by atoms with van der Waals surface area (Å²) in [6.45, 7) is 1.48. The van der Waals surface area contributed by atoms with E-state index in [1.165, 1.54) is 0 Å². The Kier molecular flexibility index (Phi) is 3.33. The molecule has 0 atom stereocenters. The zero-order valence-electron chi connectivity index (χ0n) is 8.60. The molecule has 0 unspecified atom stereocenters. The quantitative estimate of drug-likeness (QED) is 0.788. The summed E-state index contributed by atoms with van der Waals surface area (Å²) in [5.74, 6) is -3.81. The van der Waals surface area contributed by atoms with Crippen molar-refractivity contribution in [2.24, 2.45) is 0 Å². The van der Waals surface area contributed by atoms with Gasteiger partial charge in [0.2, 0.25) is 5.82 Å². The van der Waals surface area contributed by atoms with E-state index in [0.29, 0.717) is 12.8 Å². The van der Waals surface area contributed by atoms with Gasteiger partial charge in [0.1, 0.15) is 6.10 Å². The van der Waals surface area contributed by atoms with Gasteiger partial charge in [0.15, 0.2) is 17.4 Å². The maximum atomic E-state index is 13.3. The lowest BCUT2D eigenvalue weighted by molar-refractivity contribution is 0.147. The van der Waals surface area contributed by atoms with Crippen LogP contribution < -0.4 is 10.1 Å². The highest BCUT2D eigenvalue weighted by Crippen LogP contribution is 2.26. The zero-order valence-corrected chi connectivity index (χ0v) is 8.60. The second kappa shape index (κ2) is 4.74. The molecule has 1 heterocycles. The third kappa shape index (κ3) is 2.29. The van der Waals surface area contributed by atoms with Gasteiger partial charge in [0.25, 0.3) is 0 Å². The van der Waals surface area contributed by atoms with Crippen LogP contribution in [0.4, 0.5) is 13.2 Å². The number of halogens is 3. The fraction of sp³-hybridized carbons (Fsp3) is 0.455. The number of piperidine rings is 1. The van der Waals surface area contributed by atoms with Gasteiger partial charge in [0.05, 0.1) is 0 Å². The molecule has 2 nitrogen and oxygen atoms in total. The SMILES string of the molecule is Fc1ccc(F)c(OC2CCNCC2)c1F. The summed E-state index contributed by atoms with van der Waals surface area (Å²) in [7, 11) is 0. The Morgan fingerprint density at radius 3 is 2.38 bits per heavy atom. The molecular weight excluding hydrogens is 219 g/mol. The lowest BCUT2D eigenvalue weighted by Gasteiger charge is -2.24. The van der Waals surface area contributed by atoms with Gasteiger partial charge in [0, 0.05) is 0 Å². The molecule has 0 spiro atoms. The Morgan fingerprint density at radius 2 is 1.69 bits per heavy atom. The second-order valence-corrected chi connectivity index (χ2v) is 3.74. The normalized spacial score (nSPS) is 17.4. The van der Waals surface area contributed by atoms with Crippen LogP contribution in [0.3, 0.4) is 0 Å². The first kappa shape index (κ1) is 11.3. The molecule has 1 aromatic carbocycles. The standard InChI is InChI=1S/C11H12F3NO/c12-8-1-2-9(13)11(10(8)14)16-7-3-5-15-6-4-7/h1-2,7,15H,3-6H2. The fourth-order valence-electron chi connectivity index (χ4n) is 1.70. The Labute approximate surface area is 91.4 Å². The third-order valence-corrected chi connectivity index (χ3v) is 2.57. The van der Waals surface area contributed by atoms with Crippen LogP contribution in [0.2, 0.25) is 0 Å². The molecule has 16 heavy (non-hydrogen) atoms. The molecule has 1 fully saturated rings. The lowest BCUT2D eigenvalue weighted by Crippen LogP contribution is -2.34. The van der Waals surface area contributed by atoms with E-state index in [9.17, 15) is 13.2 Å². The van der Waals surface area contributed by atoms with E-state index in [1.54, 1.807) is 0 Å². The fourth-order valence-corrected chi connectivity index (χ4v) is 1.70. The van der Waals surface area contributed by atoms with Crippen molar-refractivity contribution < 1.29 is 17.9 Å². The van der Waals surface area contributed by atoms with Crippen molar-refractivity contribution in [3.63, 3.8) is 0 Å². The van der Waals surface area contributed by atoms with Crippen LogP contribution in [0.25, 0.3) is 0 Å². The van der Waals surface area contributed by atoms with E-state index in [2.05, 4.69) is 5.32 Å². The molecule has 1 N–H and O–H groups in total. The molecule has 2 rings (SSSR count). The summed E-state index contributed by atoms with van der Waals surface area (Å²) in [6, 6.07) is 1.62. The molecule has 0 aliphatic carbocycles. The molecule has 0 aromatic heterocycles. The minimum atomic E-state index is -1.25. The highest BCUT2D eigenvalue weighted by atomic mass is 19.2. The van der Waals surface area contributed by atoms with Crippen molar-refractivity contribution in [3.8, 4) is 5.75 Å². The zero-order chi connectivity index (χ0) is 11.5. The molecular formula is C11H12F3NO. The van der Waals surface area contributed by atoms with E-state index >= 15 is 0 Å². The summed E-state index contributed by atoms with van der Waals surface area (Å²) in [4.78, 5) is 0. The molecule has 1 aliphatic heterocycles. The summed E-state index contributed by atoms with van der Waals surface area (Å²) in [6.07, 6.45) is 1.07. The molecule has 0 radical (unpaired) electrons. The summed E-state index contributed by atoms with van der Waals surface area (Å²) in [5.41, 5.74) is 0. The number of ether oxygens (including phenoxy) is 1. The summed E-state index contributed by atoms with van der Waals surface area (Å²) < 4.78 is 44.5. The Balaban J connectivity index is 2.16. The van der Waals surface area contributed by atoms with Crippen molar-refractivity contribution in [1.29, 1.82) is 0 Å². The summed E-state index contributed by atoms with van der Waals surface area (Å²) in [5, 5.41) is 3.10. The van der Waals surface area contributed by atoms with Crippen molar-refractivity contribution in [3.05, 3.63) is 29.6 Å². The molecule has 5 heteroatoms. The first-order valence-electron chi connectivity index (χ1n) is 5.19. The van der Waals surface area contributed by atoms with Crippen LogP contribution in [0.5, 0.6) is 5.75 Å². The number of benzene rings is 1. The van der Waals surface area contributed by atoms with E-state index < -0.39 is 23.2 Å². The molecule has 0 amide bonds. The topological polar surface area (TPSA) is 21.3 Å². The Morgan fingerprint density at radius 1 is 1.06 bits per heavy atom. The minimum absolute atomic E-state index is 0.257. The molecule has 1 saturated heterocycles. The monoisotopic (exact) mass is 231 g/mol. The third-order valence-electron chi connectivity index (χ3n) is 2.57. The van der Waals surface area contributed by atoms with Gasteiger partial charge in [-0.15, -0.1) is 0 Å². The average Bonchev–Trinajstić information content (AvgIpc) is 2.31. The van der Waals surface area contributed by atoms with Crippen LogP contribution in [-0.2, 0) is 0 Å². The van der Waals surface area contributed by atoms with E-state index in [4.69, 9.17) is 4.74 Å². The predicted molar refractivity (Wildman–Crippen MR) is 52.8 cm³/mol. The first-order valence-corrected chi connectivity index (χ1v) is 5.19. The van der Waals surface area contributed by atoms with Gasteiger partial charge in [-0.2, -0.15) is 4.39 Å². The van der Waals surface area contributed by atoms with Crippen molar-refractivity contribution >= 4 is 0 Å². The maximum absolute atomic E-state index is 13.3. The first-order chi connectivity index (χ1) is 7.68. The van der Waals surface area contributed by atoms with Gasteiger partial charge < -0.3 is 10.1 Å². The second-order valence-electron chi connectivity index (χ2n) is 3.74. The predicted octanol–water partition coefficient (Wildman–Crippen LogP) is 2.23. The van der Waals surface area contributed by atoms with Crippen LogP contribution in [0.1, 0.15) is 12.8 Å². The number of hydrogen-bond donors (Lipinski definition) is 1. The van der Waals surface area contributed by atoms with Gasteiger partial charge in [-0.25, -0.2) is 8.78 Å². The van der Waals surface area contributed by atoms with Crippen LogP contribution >= 0.6 is 0 Å². The van der Waals surface area contributed by atoms with Crippen molar-refractivity contribution in [2.75, 3.05) is 13.1 Å². The molecule has 1 aromatic rings. The van der Waals surface area contributed by atoms with Gasteiger partial charge in [-0.05, 0) is 38.1 Å². The number of nitrogens with one attached hydrogen (secondary N) is 1. The van der Waals surface area contributed by atoms with E-state index in [1.807, 2.05) is 0 Å². The Hall–Kier alpha value is -1.23. The Bertz CT molecular complexity index is 378. The van der Waals surface area contributed by atoms with Crippen molar-refractivity contribution in [1.82, 2.24) is 5.32 Å². The molecule has 0 bridgehead atoms.